The Hall–Kier alpha value is -3.16. The normalized spacial score (nSPS) is 18.4. The quantitative estimate of drug-likeness (QED) is 0.575. The maximum atomic E-state index is 13.1. The number of anilines is 3. The SMILES string of the molecule is CCCNc1nc(NCCC)nc(N2CCN(C(=O)C3CCCN3C(=O)CC#N)CC2)n1. The summed E-state index contributed by atoms with van der Waals surface area (Å²) in [6.07, 6.45) is 3.20. The van der Waals surface area contributed by atoms with Crippen LogP contribution in [0.3, 0.4) is 0 Å². The van der Waals surface area contributed by atoms with Gasteiger partial charge in [0.25, 0.3) is 0 Å². The fourth-order valence-electron chi connectivity index (χ4n) is 3.97. The lowest BCUT2D eigenvalue weighted by Gasteiger charge is -2.37. The van der Waals surface area contributed by atoms with Crippen LogP contribution in [0.15, 0.2) is 0 Å². The van der Waals surface area contributed by atoms with Crippen LogP contribution in [0.1, 0.15) is 46.0 Å². The van der Waals surface area contributed by atoms with E-state index in [1.54, 1.807) is 4.90 Å². The standard InChI is InChI=1S/C21H33N9O2/c1-3-9-23-19-25-20(24-10-4-2)27-21(26-19)29-14-12-28(13-15-29)18(32)16-6-5-11-30(16)17(31)7-8-22/h16H,3-7,9-15H2,1-2H3,(H2,23,24,25,26,27). The van der Waals surface area contributed by atoms with Crippen LogP contribution in [0, 0.1) is 11.3 Å². The Bertz CT molecular complexity index is 807. The third-order valence-electron chi connectivity index (χ3n) is 5.65. The third kappa shape index (κ3) is 5.75. The van der Waals surface area contributed by atoms with Crippen LogP contribution in [0.2, 0.25) is 0 Å². The molecule has 2 saturated heterocycles. The van der Waals surface area contributed by atoms with E-state index in [4.69, 9.17) is 5.26 Å². The van der Waals surface area contributed by atoms with Gasteiger partial charge >= 0.3 is 0 Å². The van der Waals surface area contributed by atoms with Crippen molar-refractivity contribution in [2.75, 3.05) is 61.3 Å². The Morgan fingerprint density at radius 3 is 2.19 bits per heavy atom. The fourth-order valence-corrected chi connectivity index (χ4v) is 3.97. The molecule has 32 heavy (non-hydrogen) atoms. The van der Waals surface area contributed by atoms with E-state index in [9.17, 15) is 9.59 Å². The molecule has 2 aliphatic heterocycles. The number of carbonyl (C=O) groups is 2. The minimum absolute atomic E-state index is 0.0281. The van der Waals surface area contributed by atoms with Gasteiger partial charge in [0, 0.05) is 45.8 Å². The molecule has 1 unspecified atom stereocenters. The van der Waals surface area contributed by atoms with Crippen molar-refractivity contribution in [1.82, 2.24) is 24.8 Å². The molecular weight excluding hydrogens is 410 g/mol. The van der Waals surface area contributed by atoms with E-state index in [1.165, 1.54) is 0 Å². The molecule has 1 aromatic heterocycles. The average Bonchev–Trinajstić information content (AvgIpc) is 3.31. The largest absolute Gasteiger partial charge is 0.354 e. The monoisotopic (exact) mass is 443 g/mol. The van der Waals surface area contributed by atoms with Crippen LogP contribution < -0.4 is 15.5 Å². The lowest BCUT2D eigenvalue weighted by molar-refractivity contribution is -0.143. The van der Waals surface area contributed by atoms with Crippen LogP contribution >= 0.6 is 0 Å². The smallest absolute Gasteiger partial charge is 0.245 e. The molecule has 11 nitrogen and oxygen atoms in total. The number of likely N-dealkylation sites (tertiary alicyclic amines) is 1. The molecular formula is C21H33N9O2. The summed E-state index contributed by atoms with van der Waals surface area (Å²) in [6, 6.07) is 1.44. The highest BCUT2D eigenvalue weighted by molar-refractivity contribution is 5.89. The summed E-state index contributed by atoms with van der Waals surface area (Å²) in [4.78, 5) is 44.3. The number of hydrogen-bond donors (Lipinski definition) is 2. The molecule has 2 fully saturated rings. The van der Waals surface area contributed by atoms with Crippen LogP contribution in [0.5, 0.6) is 0 Å². The summed E-state index contributed by atoms with van der Waals surface area (Å²) in [7, 11) is 0. The van der Waals surface area contributed by atoms with Gasteiger partial charge in [-0.25, -0.2) is 0 Å². The van der Waals surface area contributed by atoms with E-state index in [2.05, 4.69) is 44.3 Å². The maximum absolute atomic E-state index is 13.1. The van der Waals surface area contributed by atoms with Gasteiger partial charge in [-0.2, -0.15) is 20.2 Å². The Kier molecular flexibility index (Phi) is 8.41. The molecule has 2 N–H and O–H groups in total. The molecule has 1 atom stereocenters. The predicted molar refractivity (Wildman–Crippen MR) is 121 cm³/mol. The fraction of sp³-hybridized carbons (Fsp3) is 0.714. The highest BCUT2D eigenvalue weighted by atomic mass is 16.2. The predicted octanol–water partition coefficient (Wildman–Crippen LogP) is 1.07. The molecule has 0 spiro atoms. The zero-order valence-corrected chi connectivity index (χ0v) is 19.0. The Morgan fingerprint density at radius 1 is 1.00 bits per heavy atom. The highest BCUT2D eigenvalue weighted by Crippen LogP contribution is 2.22. The highest BCUT2D eigenvalue weighted by Gasteiger charge is 2.37. The lowest BCUT2D eigenvalue weighted by Crippen LogP contribution is -2.54. The van der Waals surface area contributed by atoms with Crippen molar-refractivity contribution in [2.24, 2.45) is 0 Å². The summed E-state index contributed by atoms with van der Waals surface area (Å²) in [5.74, 6) is 1.40. The van der Waals surface area contributed by atoms with Gasteiger partial charge in [-0.05, 0) is 25.7 Å². The number of nitrogens with one attached hydrogen (secondary N) is 2. The van der Waals surface area contributed by atoms with E-state index in [1.807, 2.05) is 11.0 Å². The molecule has 2 aliphatic rings. The number of piperazine rings is 1. The van der Waals surface area contributed by atoms with Crippen molar-refractivity contribution >= 4 is 29.7 Å². The lowest BCUT2D eigenvalue weighted by atomic mass is 10.1. The van der Waals surface area contributed by atoms with Gasteiger partial charge in [-0.15, -0.1) is 0 Å². The second kappa shape index (κ2) is 11.5. The zero-order chi connectivity index (χ0) is 22.9. The van der Waals surface area contributed by atoms with Gasteiger partial charge in [0.2, 0.25) is 29.7 Å². The van der Waals surface area contributed by atoms with E-state index in [0.717, 1.165) is 32.4 Å². The first-order chi connectivity index (χ1) is 15.6. The summed E-state index contributed by atoms with van der Waals surface area (Å²) in [5, 5.41) is 15.3. The molecule has 0 aromatic carbocycles. The van der Waals surface area contributed by atoms with Crippen molar-refractivity contribution < 1.29 is 9.59 Å². The van der Waals surface area contributed by atoms with Gasteiger partial charge in [-0.1, -0.05) is 13.8 Å². The number of nitriles is 1. The van der Waals surface area contributed by atoms with Crippen molar-refractivity contribution in [1.29, 1.82) is 5.26 Å². The number of hydrogen-bond acceptors (Lipinski definition) is 9. The molecule has 2 amide bonds. The van der Waals surface area contributed by atoms with Gasteiger partial charge in [0.15, 0.2) is 0 Å². The topological polar surface area (TPSA) is 130 Å². The second-order valence-corrected chi connectivity index (χ2v) is 8.03. The molecule has 0 aliphatic carbocycles. The Morgan fingerprint density at radius 2 is 1.62 bits per heavy atom. The molecule has 1 aromatic rings. The number of nitrogens with zero attached hydrogens (tertiary/aromatic N) is 7. The van der Waals surface area contributed by atoms with E-state index in [0.29, 0.717) is 57.0 Å². The van der Waals surface area contributed by atoms with Crippen molar-refractivity contribution in [3.05, 3.63) is 0 Å². The van der Waals surface area contributed by atoms with Crippen LogP contribution in [-0.2, 0) is 9.59 Å². The number of carbonyl (C=O) groups excluding carboxylic acids is 2. The van der Waals surface area contributed by atoms with Crippen LogP contribution in [0.25, 0.3) is 0 Å². The molecule has 174 valence electrons. The first-order valence-corrected chi connectivity index (χ1v) is 11.5. The van der Waals surface area contributed by atoms with Crippen molar-refractivity contribution in [3.63, 3.8) is 0 Å². The molecule has 3 heterocycles. The summed E-state index contributed by atoms with van der Waals surface area (Å²) >= 11 is 0. The summed E-state index contributed by atoms with van der Waals surface area (Å²) < 4.78 is 0. The van der Waals surface area contributed by atoms with Gasteiger partial charge in [0.1, 0.15) is 12.5 Å². The van der Waals surface area contributed by atoms with Crippen molar-refractivity contribution in [2.45, 2.75) is 52.0 Å². The number of rotatable bonds is 9. The number of aromatic nitrogens is 3. The van der Waals surface area contributed by atoms with Gasteiger partial charge in [-0.3, -0.25) is 9.59 Å². The first-order valence-electron chi connectivity index (χ1n) is 11.5. The van der Waals surface area contributed by atoms with Gasteiger partial charge < -0.3 is 25.3 Å². The van der Waals surface area contributed by atoms with Crippen molar-refractivity contribution in [3.8, 4) is 6.07 Å². The number of amides is 2. The zero-order valence-electron chi connectivity index (χ0n) is 19.0. The summed E-state index contributed by atoms with van der Waals surface area (Å²) in [6.45, 7) is 8.56. The second-order valence-electron chi connectivity index (χ2n) is 8.03. The minimum atomic E-state index is -0.450. The Balaban J connectivity index is 1.64. The van der Waals surface area contributed by atoms with Crippen LogP contribution in [-0.4, -0.2) is 88.4 Å². The van der Waals surface area contributed by atoms with Gasteiger partial charge in [0.05, 0.1) is 6.07 Å². The summed E-state index contributed by atoms with van der Waals surface area (Å²) in [5.41, 5.74) is 0. The van der Waals surface area contributed by atoms with E-state index < -0.39 is 6.04 Å². The van der Waals surface area contributed by atoms with Crippen LogP contribution in [0.4, 0.5) is 17.8 Å². The molecule has 0 bridgehead atoms. The maximum Gasteiger partial charge on any atom is 0.245 e. The average molecular weight is 444 g/mol. The molecule has 0 radical (unpaired) electrons. The molecule has 11 heteroatoms. The third-order valence-corrected chi connectivity index (χ3v) is 5.65. The minimum Gasteiger partial charge on any atom is -0.354 e. The first kappa shape index (κ1) is 23.5. The Labute approximate surface area is 189 Å². The molecule has 3 rings (SSSR count). The molecule has 0 saturated carbocycles. The van der Waals surface area contributed by atoms with E-state index >= 15 is 0 Å². The van der Waals surface area contributed by atoms with E-state index in [-0.39, 0.29) is 18.2 Å².